The highest BCUT2D eigenvalue weighted by molar-refractivity contribution is 5.48. The van der Waals surface area contributed by atoms with Crippen LogP contribution in [0.2, 0.25) is 0 Å². The zero-order valence-corrected chi connectivity index (χ0v) is 11.3. The minimum absolute atomic E-state index is 0.0132. The van der Waals surface area contributed by atoms with Crippen molar-refractivity contribution in [3.63, 3.8) is 0 Å². The zero-order valence-electron chi connectivity index (χ0n) is 11.3. The number of hydrogen-bond acceptors (Lipinski definition) is 5. The Morgan fingerprint density at radius 2 is 1.80 bits per heavy atom. The van der Waals surface area contributed by atoms with Crippen LogP contribution in [0.1, 0.15) is 22.4 Å². The lowest BCUT2D eigenvalue weighted by Gasteiger charge is -2.13. The number of hydrogen-bond donors (Lipinski definition) is 4. The summed E-state index contributed by atoms with van der Waals surface area (Å²) in [6.45, 7) is 1.96. The zero-order chi connectivity index (χ0) is 14.5. The maximum absolute atomic E-state index is 10.0. The standard InChI is InChI=1S/C15H18N2O3/c1-10-15(20)14(12(9-19)6-16-10)7-17-13-4-2-11(8-18)3-5-13/h2-6,17-20H,7-9H2,1H3. The van der Waals surface area contributed by atoms with E-state index in [2.05, 4.69) is 10.3 Å². The molecule has 1 aromatic heterocycles. The van der Waals surface area contributed by atoms with Gasteiger partial charge in [0.2, 0.25) is 0 Å². The molecule has 0 amide bonds. The molecule has 0 aliphatic rings. The van der Waals surface area contributed by atoms with Gasteiger partial charge in [-0.2, -0.15) is 0 Å². The maximum atomic E-state index is 10.0. The van der Waals surface area contributed by atoms with Gasteiger partial charge in [0.25, 0.3) is 0 Å². The number of nitrogens with zero attached hydrogens (tertiary/aromatic N) is 1. The minimum Gasteiger partial charge on any atom is -0.506 e. The van der Waals surface area contributed by atoms with E-state index in [-0.39, 0.29) is 19.0 Å². The normalized spacial score (nSPS) is 10.6. The molecule has 1 heterocycles. The van der Waals surface area contributed by atoms with Gasteiger partial charge in [0.1, 0.15) is 5.75 Å². The second kappa shape index (κ2) is 6.36. The van der Waals surface area contributed by atoms with Crippen LogP contribution in [0.5, 0.6) is 5.75 Å². The number of aromatic hydroxyl groups is 1. The van der Waals surface area contributed by atoms with E-state index in [1.54, 1.807) is 13.1 Å². The molecular weight excluding hydrogens is 256 g/mol. The molecular formula is C15H18N2O3. The third-order valence-electron chi connectivity index (χ3n) is 3.21. The molecule has 5 nitrogen and oxygen atoms in total. The van der Waals surface area contributed by atoms with Gasteiger partial charge in [0.05, 0.1) is 18.9 Å². The molecule has 0 aliphatic carbocycles. The van der Waals surface area contributed by atoms with Crippen molar-refractivity contribution in [2.75, 3.05) is 5.32 Å². The van der Waals surface area contributed by atoms with Gasteiger partial charge in [-0.3, -0.25) is 4.98 Å². The van der Waals surface area contributed by atoms with E-state index < -0.39 is 0 Å². The van der Waals surface area contributed by atoms with E-state index >= 15 is 0 Å². The monoisotopic (exact) mass is 274 g/mol. The summed E-state index contributed by atoms with van der Waals surface area (Å²) in [5, 5.41) is 31.5. The molecule has 20 heavy (non-hydrogen) atoms. The molecule has 4 N–H and O–H groups in total. The number of aliphatic hydroxyl groups is 2. The van der Waals surface area contributed by atoms with Crippen LogP contribution in [0.15, 0.2) is 30.5 Å². The van der Waals surface area contributed by atoms with Crippen LogP contribution >= 0.6 is 0 Å². The second-order valence-corrected chi connectivity index (χ2v) is 4.56. The molecule has 2 aromatic rings. The van der Waals surface area contributed by atoms with Gasteiger partial charge in [0, 0.05) is 29.6 Å². The number of pyridine rings is 1. The Labute approximate surface area is 117 Å². The SMILES string of the molecule is Cc1ncc(CO)c(CNc2ccc(CO)cc2)c1O. The van der Waals surface area contributed by atoms with Crippen molar-refractivity contribution >= 4 is 5.69 Å². The van der Waals surface area contributed by atoms with Gasteiger partial charge in [0.15, 0.2) is 0 Å². The number of aliphatic hydroxyl groups excluding tert-OH is 2. The van der Waals surface area contributed by atoms with Gasteiger partial charge in [-0.1, -0.05) is 12.1 Å². The summed E-state index contributed by atoms with van der Waals surface area (Å²) in [6.07, 6.45) is 1.57. The van der Waals surface area contributed by atoms with Crippen LogP contribution in [0.4, 0.5) is 5.69 Å². The topological polar surface area (TPSA) is 85.6 Å². The average Bonchev–Trinajstić information content (AvgIpc) is 2.49. The molecule has 0 saturated heterocycles. The Morgan fingerprint density at radius 1 is 1.10 bits per heavy atom. The highest BCUT2D eigenvalue weighted by Crippen LogP contribution is 2.25. The Hall–Kier alpha value is -2.11. The van der Waals surface area contributed by atoms with E-state index in [1.807, 2.05) is 24.3 Å². The summed E-state index contributed by atoms with van der Waals surface area (Å²) in [4.78, 5) is 4.02. The second-order valence-electron chi connectivity index (χ2n) is 4.56. The van der Waals surface area contributed by atoms with Crippen molar-refractivity contribution in [2.45, 2.75) is 26.7 Å². The van der Waals surface area contributed by atoms with Crippen molar-refractivity contribution in [1.82, 2.24) is 4.98 Å². The predicted octanol–water partition coefficient (Wildman–Crippen LogP) is 1.69. The first-order valence-corrected chi connectivity index (χ1v) is 6.36. The molecule has 0 bridgehead atoms. The van der Waals surface area contributed by atoms with Crippen LogP contribution in [0, 0.1) is 6.92 Å². The average molecular weight is 274 g/mol. The Bertz CT molecular complexity index is 582. The van der Waals surface area contributed by atoms with Crippen molar-refractivity contribution in [1.29, 1.82) is 0 Å². The van der Waals surface area contributed by atoms with Crippen molar-refractivity contribution < 1.29 is 15.3 Å². The number of benzene rings is 1. The summed E-state index contributed by atoms with van der Waals surface area (Å²) < 4.78 is 0. The molecule has 0 spiro atoms. The van der Waals surface area contributed by atoms with Gasteiger partial charge in [-0.25, -0.2) is 0 Å². The van der Waals surface area contributed by atoms with E-state index in [9.17, 15) is 10.2 Å². The summed E-state index contributed by atoms with van der Waals surface area (Å²) in [6, 6.07) is 7.37. The fourth-order valence-electron chi connectivity index (χ4n) is 1.94. The first kappa shape index (κ1) is 14.3. The lowest BCUT2D eigenvalue weighted by molar-refractivity contribution is 0.279. The molecule has 0 radical (unpaired) electrons. The molecule has 0 atom stereocenters. The third kappa shape index (κ3) is 3.07. The van der Waals surface area contributed by atoms with Crippen molar-refractivity contribution in [3.8, 4) is 5.75 Å². The summed E-state index contributed by atoms with van der Waals surface area (Å²) in [5.74, 6) is 0.107. The molecule has 0 unspecified atom stereocenters. The maximum Gasteiger partial charge on any atom is 0.142 e. The van der Waals surface area contributed by atoms with Crippen LogP contribution in [-0.4, -0.2) is 20.3 Å². The first-order valence-electron chi connectivity index (χ1n) is 6.36. The fraction of sp³-hybridized carbons (Fsp3) is 0.267. The summed E-state index contributed by atoms with van der Waals surface area (Å²) in [7, 11) is 0. The van der Waals surface area contributed by atoms with Gasteiger partial charge in [-0.05, 0) is 24.6 Å². The van der Waals surface area contributed by atoms with Crippen molar-refractivity contribution in [3.05, 3.63) is 52.8 Å². The number of anilines is 1. The fourth-order valence-corrected chi connectivity index (χ4v) is 1.94. The van der Waals surface area contributed by atoms with E-state index in [4.69, 9.17) is 5.11 Å². The van der Waals surface area contributed by atoms with Gasteiger partial charge >= 0.3 is 0 Å². The lowest BCUT2D eigenvalue weighted by atomic mass is 10.1. The quantitative estimate of drug-likeness (QED) is 0.666. The molecule has 0 aliphatic heterocycles. The Balaban J connectivity index is 2.15. The third-order valence-corrected chi connectivity index (χ3v) is 3.21. The molecule has 0 saturated carbocycles. The smallest absolute Gasteiger partial charge is 0.142 e. The predicted molar refractivity (Wildman–Crippen MR) is 76.3 cm³/mol. The molecule has 5 heteroatoms. The van der Waals surface area contributed by atoms with Crippen LogP contribution in [-0.2, 0) is 19.8 Å². The number of nitrogens with one attached hydrogen (secondary N) is 1. The van der Waals surface area contributed by atoms with E-state index in [1.165, 1.54) is 0 Å². The van der Waals surface area contributed by atoms with Crippen molar-refractivity contribution in [2.24, 2.45) is 0 Å². The Kier molecular flexibility index (Phi) is 4.55. The first-order chi connectivity index (χ1) is 9.65. The van der Waals surface area contributed by atoms with Crippen LogP contribution in [0.3, 0.4) is 0 Å². The largest absolute Gasteiger partial charge is 0.506 e. The molecule has 2 rings (SSSR count). The summed E-state index contributed by atoms with van der Waals surface area (Å²) in [5.41, 5.74) is 3.50. The minimum atomic E-state index is -0.165. The van der Waals surface area contributed by atoms with Crippen LogP contribution < -0.4 is 5.32 Å². The molecule has 0 fully saturated rings. The number of aryl methyl sites for hydroxylation is 1. The van der Waals surface area contributed by atoms with E-state index in [0.29, 0.717) is 23.4 Å². The molecule has 106 valence electrons. The Morgan fingerprint density at radius 3 is 2.40 bits per heavy atom. The van der Waals surface area contributed by atoms with Crippen LogP contribution in [0.25, 0.3) is 0 Å². The lowest BCUT2D eigenvalue weighted by Crippen LogP contribution is -2.05. The highest BCUT2D eigenvalue weighted by atomic mass is 16.3. The summed E-state index contributed by atoms with van der Waals surface area (Å²) >= 11 is 0. The number of rotatable bonds is 5. The number of aromatic nitrogens is 1. The van der Waals surface area contributed by atoms with Gasteiger partial charge in [-0.15, -0.1) is 0 Å². The highest BCUT2D eigenvalue weighted by Gasteiger charge is 2.11. The van der Waals surface area contributed by atoms with E-state index in [0.717, 1.165) is 11.3 Å². The van der Waals surface area contributed by atoms with Gasteiger partial charge < -0.3 is 20.6 Å². The molecule has 1 aromatic carbocycles.